The molecule has 1 N–H and O–H groups in total. The fourth-order valence-electron chi connectivity index (χ4n) is 1.81. The molecule has 1 rings (SSSR count). The molecular formula is C13H17FO3. The highest BCUT2D eigenvalue weighted by molar-refractivity contribution is 5.70. The second-order valence-corrected chi connectivity index (χ2v) is 4.09. The monoisotopic (exact) mass is 240 g/mol. The summed E-state index contributed by atoms with van der Waals surface area (Å²) < 4.78 is 18.7. The highest BCUT2D eigenvalue weighted by Crippen LogP contribution is 2.32. The summed E-state index contributed by atoms with van der Waals surface area (Å²) in [6.07, 6.45) is -0.877. The van der Waals surface area contributed by atoms with Gasteiger partial charge in [0.25, 0.3) is 0 Å². The van der Waals surface area contributed by atoms with Gasteiger partial charge in [0, 0.05) is 5.56 Å². The molecule has 0 heterocycles. The molecule has 0 saturated carbocycles. The number of aliphatic carboxylic acids is 1. The highest BCUT2D eigenvalue weighted by Gasteiger charge is 2.19. The predicted octanol–water partition coefficient (Wildman–Crippen LogP) is 2.99. The highest BCUT2D eigenvalue weighted by atomic mass is 19.1. The fourth-order valence-corrected chi connectivity index (χ4v) is 1.81. The van der Waals surface area contributed by atoms with Gasteiger partial charge < -0.3 is 9.84 Å². The van der Waals surface area contributed by atoms with Gasteiger partial charge in [-0.1, -0.05) is 19.1 Å². The molecule has 2 unspecified atom stereocenters. The first-order chi connectivity index (χ1) is 7.97. The van der Waals surface area contributed by atoms with Crippen LogP contribution in [0.5, 0.6) is 5.75 Å². The minimum Gasteiger partial charge on any atom is -0.496 e. The number of alkyl halides is 1. The molecule has 4 heteroatoms. The minimum atomic E-state index is -1.18. The molecule has 1 aromatic rings. The lowest BCUT2D eigenvalue weighted by molar-refractivity contribution is -0.141. The van der Waals surface area contributed by atoms with Crippen LogP contribution in [0.3, 0.4) is 0 Å². The molecule has 0 spiro atoms. The van der Waals surface area contributed by atoms with E-state index < -0.39 is 18.1 Å². The van der Waals surface area contributed by atoms with Crippen molar-refractivity contribution < 1.29 is 19.0 Å². The largest absolute Gasteiger partial charge is 0.496 e. The SMILES string of the molecule is COc1cccc(CC(C)C(=O)O)c1C(C)F. The number of hydrogen-bond acceptors (Lipinski definition) is 2. The second kappa shape index (κ2) is 5.66. The molecule has 0 amide bonds. The first-order valence-electron chi connectivity index (χ1n) is 5.50. The van der Waals surface area contributed by atoms with E-state index in [1.54, 1.807) is 25.1 Å². The number of methoxy groups -OCH3 is 1. The Labute approximate surface area is 100 Å². The number of halogens is 1. The second-order valence-electron chi connectivity index (χ2n) is 4.09. The summed E-state index contributed by atoms with van der Waals surface area (Å²) >= 11 is 0. The zero-order chi connectivity index (χ0) is 13.0. The lowest BCUT2D eigenvalue weighted by Gasteiger charge is -2.16. The van der Waals surface area contributed by atoms with E-state index in [0.29, 0.717) is 23.3 Å². The maximum atomic E-state index is 13.6. The third-order valence-corrected chi connectivity index (χ3v) is 2.72. The molecule has 17 heavy (non-hydrogen) atoms. The molecule has 3 nitrogen and oxygen atoms in total. The van der Waals surface area contributed by atoms with Crippen LogP contribution in [0.15, 0.2) is 18.2 Å². The van der Waals surface area contributed by atoms with Gasteiger partial charge in [-0.05, 0) is 25.0 Å². The average Bonchev–Trinajstić information content (AvgIpc) is 2.27. The van der Waals surface area contributed by atoms with Crippen molar-refractivity contribution in [3.8, 4) is 5.75 Å². The van der Waals surface area contributed by atoms with Crippen LogP contribution in [-0.4, -0.2) is 18.2 Å². The molecule has 0 bridgehead atoms. The molecule has 0 fully saturated rings. The molecule has 0 aromatic heterocycles. The molecule has 1 aromatic carbocycles. The summed E-state index contributed by atoms with van der Waals surface area (Å²) in [5.41, 5.74) is 1.14. The Morgan fingerprint density at radius 2 is 2.12 bits per heavy atom. The Bertz CT molecular complexity index is 402. The van der Waals surface area contributed by atoms with Gasteiger partial charge in [0.2, 0.25) is 0 Å². The topological polar surface area (TPSA) is 46.5 Å². The maximum absolute atomic E-state index is 13.6. The summed E-state index contributed by atoms with van der Waals surface area (Å²) in [7, 11) is 1.48. The summed E-state index contributed by atoms with van der Waals surface area (Å²) in [5.74, 6) is -0.958. The summed E-state index contributed by atoms with van der Waals surface area (Å²) in [5, 5.41) is 8.87. The average molecular weight is 240 g/mol. The van der Waals surface area contributed by atoms with Gasteiger partial charge in [-0.25, -0.2) is 4.39 Å². The Morgan fingerprint density at radius 1 is 1.47 bits per heavy atom. The molecule has 0 saturated heterocycles. The van der Waals surface area contributed by atoms with Crippen LogP contribution < -0.4 is 4.74 Å². The predicted molar refractivity (Wildman–Crippen MR) is 63.0 cm³/mol. The van der Waals surface area contributed by atoms with E-state index in [1.807, 2.05) is 0 Å². The van der Waals surface area contributed by atoms with Crippen molar-refractivity contribution >= 4 is 5.97 Å². The quantitative estimate of drug-likeness (QED) is 0.860. The zero-order valence-electron chi connectivity index (χ0n) is 10.2. The van der Waals surface area contributed by atoms with Crippen LogP contribution in [0.1, 0.15) is 31.1 Å². The van der Waals surface area contributed by atoms with Gasteiger partial charge in [0.05, 0.1) is 13.0 Å². The van der Waals surface area contributed by atoms with Gasteiger partial charge in [-0.3, -0.25) is 4.79 Å². The normalized spacial score (nSPS) is 14.1. The first-order valence-corrected chi connectivity index (χ1v) is 5.50. The molecule has 0 aliphatic heterocycles. The molecule has 0 radical (unpaired) electrons. The number of rotatable bonds is 5. The van der Waals surface area contributed by atoms with Crippen molar-refractivity contribution in [2.45, 2.75) is 26.4 Å². The molecule has 0 aliphatic carbocycles. The van der Waals surface area contributed by atoms with E-state index in [-0.39, 0.29) is 0 Å². The first kappa shape index (κ1) is 13.5. The number of carboxylic acids is 1. The summed E-state index contributed by atoms with van der Waals surface area (Å²) in [6.45, 7) is 3.03. The van der Waals surface area contributed by atoms with E-state index >= 15 is 0 Å². The van der Waals surface area contributed by atoms with Crippen LogP contribution in [0.4, 0.5) is 4.39 Å². The standard InChI is InChI=1S/C13H17FO3/c1-8(13(15)16)7-10-5-4-6-11(17-3)12(10)9(2)14/h4-6,8-9H,7H2,1-3H3,(H,15,16). The van der Waals surface area contributed by atoms with E-state index in [9.17, 15) is 9.18 Å². The molecular weight excluding hydrogens is 223 g/mol. The lowest BCUT2D eigenvalue weighted by atomic mass is 9.94. The maximum Gasteiger partial charge on any atom is 0.306 e. The Balaban J connectivity index is 3.10. The Hall–Kier alpha value is -1.58. The van der Waals surface area contributed by atoms with Crippen molar-refractivity contribution in [1.82, 2.24) is 0 Å². The summed E-state index contributed by atoms with van der Waals surface area (Å²) in [6, 6.07) is 5.17. The van der Waals surface area contributed by atoms with E-state index in [2.05, 4.69) is 0 Å². The molecule has 2 atom stereocenters. The minimum absolute atomic E-state index is 0.302. The smallest absolute Gasteiger partial charge is 0.306 e. The van der Waals surface area contributed by atoms with Crippen molar-refractivity contribution in [3.05, 3.63) is 29.3 Å². The van der Waals surface area contributed by atoms with Crippen molar-refractivity contribution in [3.63, 3.8) is 0 Å². The van der Waals surface area contributed by atoms with E-state index in [4.69, 9.17) is 9.84 Å². The van der Waals surface area contributed by atoms with E-state index in [0.717, 1.165) is 0 Å². The lowest BCUT2D eigenvalue weighted by Crippen LogP contribution is -2.14. The van der Waals surface area contributed by atoms with Gasteiger partial charge in [0.15, 0.2) is 0 Å². The Morgan fingerprint density at radius 3 is 2.59 bits per heavy atom. The Kier molecular flexibility index (Phi) is 4.49. The third kappa shape index (κ3) is 3.19. The fraction of sp³-hybridized carbons (Fsp3) is 0.462. The van der Waals surface area contributed by atoms with Crippen molar-refractivity contribution in [2.75, 3.05) is 7.11 Å². The van der Waals surface area contributed by atoms with Crippen LogP contribution in [-0.2, 0) is 11.2 Å². The number of ether oxygens (including phenoxy) is 1. The summed E-state index contributed by atoms with van der Waals surface area (Å²) in [4.78, 5) is 10.8. The van der Waals surface area contributed by atoms with Crippen molar-refractivity contribution in [2.24, 2.45) is 5.92 Å². The van der Waals surface area contributed by atoms with Crippen LogP contribution in [0, 0.1) is 5.92 Å². The van der Waals surface area contributed by atoms with Gasteiger partial charge in [-0.15, -0.1) is 0 Å². The van der Waals surface area contributed by atoms with Gasteiger partial charge >= 0.3 is 5.97 Å². The van der Waals surface area contributed by atoms with Crippen molar-refractivity contribution in [1.29, 1.82) is 0 Å². The number of benzene rings is 1. The molecule has 94 valence electrons. The molecule has 0 aliphatic rings. The van der Waals surface area contributed by atoms with Crippen LogP contribution >= 0.6 is 0 Å². The number of hydrogen-bond donors (Lipinski definition) is 1. The van der Waals surface area contributed by atoms with E-state index in [1.165, 1.54) is 14.0 Å². The van der Waals surface area contributed by atoms with Crippen LogP contribution in [0.25, 0.3) is 0 Å². The number of carboxylic acid groups (broad SMARTS) is 1. The van der Waals surface area contributed by atoms with Gasteiger partial charge in [-0.2, -0.15) is 0 Å². The van der Waals surface area contributed by atoms with Crippen LogP contribution in [0.2, 0.25) is 0 Å². The van der Waals surface area contributed by atoms with Gasteiger partial charge in [0.1, 0.15) is 11.9 Å². The third-order valence-electron chi connectivity index (χ3n) is 2.72. The number of carbonyl (C=O) groups is 1. The zero-order valence-corrected chi connectivity index (χ0v) is 10.2.